The van der Waals surface area contributed by atoms with Gasteiger partial charge >= 0.3 is 0 Å². The highest BCUT2D eigenvalue weighted by atomic mass is 16.5. The van der Waals surface area contributed by atoms with Gasteiger partial charge in [0.15, 0.2) is 17.4 Å². The minimum absolute atomic E-state index is 0.247. The highest BCUT2D eigenvalue weighted by Crippen LogP contribution is 2.35. The van der Waals surface area contributed by atoms with Crippen molar-refractivity contribution in [1.29, 1.82) is 0 Å². The van der Waals surface area contributed by atoms with Crippen LogP contribution in [0, 0.1) is 11.8 Å². The highest BCUT2D eigenvalue weighted by Gasteiger charge is 2.27. The van der Waals surface area contributed by atoms with Crippen LogP contribution in [-0.4, -0.2) is 86.3 Å². The van der Waals surface area contributed by atoms with E-state index in [9.17, 15) is 4.79 Å². The molecule has 0 radical (unpaired) electrons. The smallest absolute Gasteiger partial charge is 0.171 e. The van der Waals surface area contributed by atoms with Crippen molar-refractivity contribution in [3.63, 3.8) is 0 Å². The second kappa shape index (κ2) is 12.0. The van der Waals surface area contributed by atoms with Crippen molar-refractivity contribution in [1.82, 2.24) is 14.9 Å². The van der Waals surface area contributed by atoms with Gasteiger partial charge in [-0.2, -0.15) is 0 Å². The summed E-state index contributed by atoms with van der Waals surface area (Å²) in [5.41, 5.74) is 2.05. The van der Waals surface area contributed by atoms with Gasteiger partial charge in [0, 0.05) is 75.6 Å². The molecule has 0 N–H and O–H groups in total. The van der Waals surface area contributed by atoms with Crippen molar-refractivity contribution in [2.45, 2.75) is 44.9 Å². The van der Waals surface area contributed by atoms with Gasteiger partial charge in [-0.15, -0.1) is 0 Å². The topological polar surface area (TPSA) is 71.0 Å². The predicted molar refractivity (Wildman–Crippen MR) is 148 cm³/mol. The third-order valence-corrected chi connectivity index (χ3v) is 8.96. The van der Waals surface area contributed by atoms with Crippen molar-refractivity contribution >= 4 is 17.4 Å². The fourth-order valence-electron chi connectivity index (χ4n) is 6.50. The molecule has 3 fully saturated rings. The summed E-state index contributed by atoms with van der Waals surface area (Å²) < 4.78 is 11.3. The summed E-state index contributed by atoms with van der Waals surface area (Å²) in [5.74, 6) is 4.55. The number of piperazine rings is 1. The number of pyridine rings is 2. The van der Waals surface area contributed by atoms with Gasteiger partial charge in [0.2, 0.25) is 0 Å². The Bertz CT molecular complexity index is 1070. The number of aromatic nitrogens is 2. The summed E-state index contributed by atoms with van der Waals surface area (Å²) >= 11 is 0. The van der Waals surface area contributed by atoms with Crippen LogP contribution in [0.5, 0.6) is 5.75 Å². The first-order chi connectivity index (χ1) is 18.7. The Morgan fingerprint density at radius 1 is 0.868 bits per heavy atom. The number of nitrogens with zero attached hydrogens (tertiary/aromatic N) is 5. The van der Waals surface area contributed by atoms with Gasteiger partial charge in [0.05, 0.1) is 19.8 Å². The molecule has 2 saturated heterocycles. The third-order valence-electron chi connectivity index (χ3n) is 8.96. The van der Waals surface area contributed by atoms with Gasteiger partial charge in [-0.25, -0.2) is 9.97 Å². The molecule has 0 spiro atoms. The molecule has 204 valence electrons. The first-order valence-corrected chi connectivity index (χ1v) is 14.6. The first-order valence-electron chi connectivity index (χ1n) is 14.6. The van der Waals surface area contributed by atoms with E-state index in [2.05, 4.69) is 30.7 Å². The largest absolute Gasteiger partial charge is 0.489 e. The fraction of sp³-hybridized carbons (Fsp3) is 0.633. The molecule has 6 rings (SSSR count). The summed E-state index contributed by atoms with van der Waals surface area (Å²) in [6.07, 6.45) is 11.5. The molecule has 3 aliphatic heterocycles. The maximum atomic E-state index is 12.9. The number of hydrogen-bond donors (Lipinski definition) is 0. The molecule has 5 heterocycles. The lowest BCUT2D eigenvalue weighted by molar-refractivity contribution is 0.0939. The van der Waals surface area contributed by atoms with Crippen LogP contribution in [0.15, 0.2) is 30.6 Å². The molecule has 0 aromatic carbocycles. The van der Waals surface area contributed by atoms with Gasteiger partial charge in [-0.05, 0) is 55.8 Å². The Hall–Kier alpha value is -2.71. The van der Waals surface area contributed by atoms with Crippen molar-refractivity contribution in [3.05, 3.63) is 41.7 Å². The van der Waals surface area contributed by atoms with E-state index in [-0.39, 0.29) is 5.78 Å². The molecule has 0 amide bonds. The molecule has 0 bridgehead atoms. The average Bonchev–Trinajstić information content (AvgIpc) is 3.47. The predicted octanol–water partition coefficient (Wildman–Crippen LogP) is 3.84. The van der Waals surface area contributed by atoms with Gasteiger partial charge in [-0.3, -0.25) is 9.69 Å². The Morgan fingerprint density at radius 3 is 2.42 bits per heavy atom. The normalized spacial score (nSPS) is 24.2. The van der Waals surface area contributed by atoms with Crippen molar-refractivity contribution in [3.8, 4) is 5.75 Å². The summed E-state index contributed by atoms with van der Waals surface area (Å²) in [7, 11) is 0. The number of ether oxygens (including phenoxy) is 2. The summed E-state index contributed by atoms with van der Waals surface area (Å²) in [6, 6.07) is 6.04. The number of rotatable bonds is 8. The first kappa shape index (κ1) is 25.6. The molecular weight excluding hydrogens is 478 g/mol. The van der Waals surface area contributed by atoms with Crippen molar-refractivity contribution in [2.75, 3.05) is 75.4 Å². The Morgan fingerprint density at radius 2 is 1.66 bits per heavy atom. The molecule has 0 atom stereocenters. The van der Waals surface area contributed by atoms with Crippen LogP contribution in [0.4, 0.5) is 11.6 Å². The van der Waals surface area contributed by atoms with Crippen LogP contribution >= 0.6 is 0 Å². The molecule has 4 aliphatic rings. The zero-order valence-electron chi connectivity index (χ0n) is 22.5. The molecule has 2 aromatic rings. The minimum atomic E-state index is 0.247. The molecule has 2 aromatic heterocycles. The molecule has 8 nitrogen and oxygen atoms in total. The van der Waals surface area contributed by atoms with Crippen molar-refractivity contribution in [2.24, 2.45) is 11.8 Å². The van der Waals surface area contributed by atoms with E-state index in [4.69, 9.17) is 9.47 Å². The second-order valence-corrected chi connectivity index (χ2v) is 11.4. The number of carbonyl (C=O) groups is 1. The molecule has 1 saturated carbocycles. The molecule has 8 heteroatoms. The van der Waals surface area contributed by atoms with E-state index in [1.807, 2.05) is 18.3 Å². The van der Waals surface area contributed by atoms with E-state index >= 15 is 0 Å². The molecular formula is C30H41N5O3. The monoisotopic (exact) mass is 519 g/mol. The van der Waals surface area contributed by atoms with Crippen LogP contribution in [0.25, 0.3) is 0 Å². The van der Waals surface area contributed by atoms with E-state index in [1.165, 1.54) is 44.2 Å². The molecule has 0 unspecified atom stereocenters. The number of hydrogen-bond acceptors (Lipinski definition) is 8. The van der Waals surface area contributed by atoms with Gasteiger partial charge in [0.1, 0.15) is 5.82 Å². The minimum Gasteiger partial charge on any atom is -0.489 e. The Balaban J connectivity index is 0.898. The Labute approximate surface area is 226 Å². The lowest BCUT2D eigenvalue weighted by Gasteiger charge is -2.37. The van der Waals surface area contributed by atoms with Crippen LogP contribution in [0.1, 0.15) is 54.4 Å². The highest BCUT2D eigenvalue weighted by molar-refractivity contribution is 5.96. The molecule has 1 aliphatic carbocycles. The maximum absolute atomic E-state index is 12.9. The van der Waals surface area contributed by atoms with Crippen molar-refractivity contribution < 1.29 is 14.3 Å². The second-order valence-electron chi connectivity index (χ2n) is 11.4. The average molecular weight is 520 g/mol. The van der Waals surface area contributed by atoms with E-state index < -0.39 is 0 Å². The number of ketones is 1. The maximum Gasteiger partial charge on any atom is 0.171 e. The lowest BCUT2D eigenvalue weighted by atomic mass is 9.78. The van der Waals surface area contributed by atoms with Crippen LogP contribution in [-0.2, 0) is 11.2 Å². The van der Waals surface area contributed by atoms with E-state index in [0.29, 0.717) is 12.3 Å². The number of Topliss-reactive ketones (excluding diaryl/α,β-unsaturated/α-hetero) is 1. The fourth-order valence-corrected chi connectivity index (χ4v) is 6.50. The lowest BCUT2D eigenvalue weighted by Crippen LogP contribution is -2.47. The summed E-state index contributed by atoms with van der Waals surface area (Å²) in [4.78, 5) is 29.3. The quantitative estimate of drug-likeness (QED) is 0.488. The zero-order chi connectivity index (χ0) is 25.7. The third kappa shape index (κ3) is 5.96. The number of carbonyl (C=O) groups excluding carboxylic acids is 1. The number of fused-ring (bicyclic) bond motifs is 1. The van der Waals surface area contributed by atoms with Gasteiger partial charge in [-0.1, -0.05) is 12.8 Å². The zero-order valence-corrected chi connectivity index (χ0v) is 22.5. The van der Waals surface area contributed by atoms with Crippen LogP contribution < -0.4 is 14.5 Å². The number of anilines is 2. The van der Waals surface area contributed by atoms with Gasteiger partial charge < -0.3 is 19.3 Å². The summed E-state index contributed by atoms with van der Waals surface area (Å²) in [5, 5.41) is 0. The standard InChI is InChI=1S/C30H41N5O3/c36-27(26-5-6-28(32-22-26)34-16-19-37-20-17-34)21-24-3-1-23(2-4-24)8-11-33-12-14-35(15-13-33)30-29-25(7-10-31-30)9-18-38-29/h5-7,10,22-24H,1-4,8-9,11-21H2. The Kier molecular flexibility index (Phi) is 8.07. The van der Waals surface area contributed by atoms with Crippen LogP contribution in [0.2, 0.25) is 0 Å². The SMILES string of the molecule is O=C(CC1CCC(CCN2CCN(c3nccc4c3OCC4)CC2)CC1)c1ccc(N2CCOCC2)nc1. The van der Waals surface area contributed by atoms with Crippen LogP contribution in [0.3, 0.4) is 0 Å². The van der Waals surface area contributed by atoms with Gasteiger partial charge in [0.25, 0.3) is 0 Å². The van der Waals surface area contributed by atoms with E-state index in [1.54, 1.807) is 6.20 Å². The summed E-state index contributed by atoms with van der Waals surface area (Å²) in [6.45, 7) is 9.39. The molecule has 38 heavy (non-hydrogen) atoms. The number of morpholine rings is 1. The van der Waals surface area contributed by atoms with E-state index in [0.717, 1.165) is 94.4 Å².